The maximum atomic E-state index is 12.7. The number of fused-ring (bicyclic) bond motifs is 1. The lowest BCUT2D eigenvalue weighted by molar-refractivity contribution is -0.131. The third-order valence-electron chi connectivity index (χ3n) is 4.92. The van der Waals surface area contributed by atoms with E-state index in [2.05, 4.69) is 21.1 Å². The van der Waals surface area contributed by atoms with Crippen molar-refractivity contribution in [2.45, 2.75) is 25.8 Å². The highest BCUT2D eigenvalue weighted by atomic mass is 32.1. The van der Waals surface area contributed by atoms with Crippen LogP contribution >= 0.6 is 11.3 Å². The average Bonchev–Trinajstić information content (AvgIpc) is 3.40. The van der Waals surface area contributed by atoms with Crippen molar-refractivity contribution in [2.24, 2.45) is 0 Å². The molecule has 0 N–H and O–H groups in total. The molecule has 28 heavy (non-hydrogen) atoms. The predicted molar refractivity (Wildman–Crippen MR) is 110 cm³/mol. The van der Waals surface area contributed by atoms with Crippen LogP contribution in [-0.2, 0) is 11.2 Å². The molecule has 0 fully saturated rings. The number of aromatic nitrogens is 4. The monoisotopic (exact) mass is 391 g/mol. The molecule has 1 atom stereocenters. The van der Waals surface area contributed by atoms with E-state index in [1.54, 1.807) is 27.2 Å². The fourth-order valence-electron chi connectivity index (χ4n) is 3.10. The van der Waals surface area contributed by atoms with Crippen LogP contribution in [0.3, 0.4) is 0 Å². The van der Waals surface area contributed by atoms with Gasteiger partial charge in [0.15, 0.2) is 0 Å². The van der Waals surface area contributed by atoms with Gasteiger partial charge in [0.2, 0.25) is 5.91 Å². The van der Waals surface area contributed by atoms with Crippen LogP contribution in [0.5, 0.6) is 0 Å². The van der Waals surface area contributed by atoms with E-state index in [4.69, 9.17) is 0 Å². The van der Waals surface area contributed by atoms with Crippen molar-refractivity contribution in [3.05, 3.63) is 71.8 Å². The minimum Gasteiger partial charge on any atom is -0.339 e. The van der Waals surface area contributed by atoms with E-state index in [0.717, 1.165) is 21.8 Å². The van der Waals surface area contributed by atoms with Crippen LogP contribution in [0.4, 0.5) is 0 Å². The highest BCUT2D eigenvalue weighted by Gasteiger charge is 2.18. The first-order chi connectivity index (χ1) is 13.6. The van der Waals surface area contributed by atoms with Gasteiger partial charge in [0, 0.05) is 19.9 Å². The Morgan fingerprint density at radius 2 is 1.96 bits per heavy atom. The molecule has 6 nitrogen and oxygen atoms in total. The van der Waals surface area contributed by atoms with E-state index in [0.29, 0.717) is 12.8 Å². The molecule has 0 aliphatic carbocycles. The Hall–Kier alpha value is -3.06. The van der Waals surface area contributed by atoms with E-state index in [1.165, 1.54) is 11.0 Å². The number of amides is 1. The van der Waals surface area contributed by atoms with E-state index in [9.17, 15) is 4.79 Å². The lowest BCUT2D eigenvalue weighted by atomic mass is 10.1. The van der Waals surface area contributed by atoms with Gasteiger partial charge in [-0.2, -0.15) is 5.10 Å². The fraction of sp³-hybridized carbons (Fsp3) is 0.238. The molecule has 0 bridgehead atoms. The Morgan fingerprint density at radius 3 is 2.68 bits per heavy atom. The number of benzene rings is 2. The Labute approximate surface area is 167 Å². The van der Waals surface area contributed by atoms with Crippen LogP contribution in [0.1, 0.15) is 30.0 Å². The van der Waals surface area contributed by atoms with Gasteiger partial charge in [-0.15, -0.1) is 11.3 Å². The second-order valence-corrected chi connectivity index (χ2v) is 7.80. The first kappa shape index (κ1) is 18.3. The normalized spacial score (nSPS) is 12.2. The third-order valence-corrected chi connectivity index (χ3v) is 6.02. The van der Waals surface area contributed by atoms with E-state index in [-0.39, 0.29) is 11.9 Å². The Kier molecular flexibility index (Phi) is 5.16. The van der Waals surface area contributed by atoms with E-state index in [1.807, 2.05) is 56.4 Å². The Morgan fingerprint density at radius 1 is 1.18 bits per heavy atom. The molecule has 0 saturated carbocycles. The summed E-state index contributed by atoms with van der Waals surface area (Å²) in [4.78, 5) is 23.1. The minimum absolute atomic E-state index is 0.00679. The van der Waals surface area contributed by atoms with Crippen LogP contribution in [0.2, 0.25) is 0 Å². The summed E-state index contributed by atoms with van der Waals surface area (Å²) in [5.74, 6) is 0.118. The van der Waals surface area contributed by atoms with Gasteiger partial charge in [0.1, 0.15) is 12.7 Å². The maximum Gasteiger partial charge on any atom is 0.223 e. The molecule has 2 aromatic carbocycles. The van der Waals surface area contributed by atoms with Crippen molar-refractivity contribution in [1.82, 2.24) is 24.6 Å². The topological polar surface area (TPSA) is 63.9 Å². The lowest BCUT2D eigenvalue weighted by Gasteiger charge is -2.25. The smallest absolute Gasteiger partial charge is 0.223 e. The van der Waals surface area contributed by atoms with Crippen LogP contribution in [0, 0.1) is 0 Å². The quantitative estimate of drug-likeness (QED) is 0.498. The highest BCUT2D eigenvalue weighted by Crippen LogP contribution is 2.24. The summed E-state index contributed by atoms with van der Waals surface area (Å²) in [6.45, 7) is 2.04. The number of carbonyl (C=O) groups is 1. The Balaban J connectivity index is 1.38. The van der Waals surface area contributed by atoms with Gasteiger partial charge in [-0.25, -0.2) is 14.6 Å². The molecular weight excluding hydrogens is 370 g/mol. The third kappa shape index (κ3) is 3.80. The molecular formula is C21H21N5OS. The molecule has 0 aliphatic rings. The summed E-state index contributed by atoms with van der Waals surface area (Å²) in [7, 11) is 1.86. The molecule has 4 rings (SSSR count). The maximum absolute atomic E-state index is 12.7. The van der Waals surface area contributed by atoms with Crippen LogP contribution < -0.4 is 0 Å². The van der Waals surface area contributed by atoms with Crippen molar-refractivity contribution in [3.63, 3.8) is 0 Å². The number of rotatable bonds is 6. The number of hydrogen-bond acceptors (Lipinski definition) is 5. The van der Waals surface area contributed by atoms with E-state index < -0.39 is 0 Å². The molecule has 0 saturated heterocycles. The molecule has 0 aliphatic heterocycles. The van der Waals surface area contributed by atoms with Crippen molar-refractivity contribution in [1.29, 1.82) is 0 Å². The van der Waals surface area contributed by atoms with Gasteiger partial charge in [-0.1, -0.05) is 24.3 Å². The molecule has 142 valence electrons. The van der Waals surface area contributed by atoms with Crippen molar-refractivity contribution in [2.75, 3.05) is 7.05 Å². The lowest BCUT2D eigenvalue weighted by Crippen LogP contribution is -2.29. The van der Waals surface area contributed by atoms with Crippen LogP contribution in [-0.4, -0.2) is 37.6 Å². The molecule has 0 unspecified atom stereocenters. The number of aryl methyl sites for hydroxylation is 1. The predicted octanol–water partition coefficient (Wildman–Crippen LogP) is 4.03. The number of nitrogens with zero attached hydrogens (tertiary/aromatic N) is 5. The zero-order valence-electron chi connectivity index (χ0n) is 15.8. The second kappa shape index (κ2) is 7.90. The first-order valence-corrected chi connectivity index (χ1v) is 9.98. The SMILES string of the molecule is C[C@H](c1ccc(-n2cncn2)cc1)N(C)C(=O)CCc1nc2ccccc2s1. The van der Waals surface area contributed by atoms with Gasteiger partial charge in [0.05, 0.1) is 27.0 Å². The van der Waals surface area contributed by atoms with Gasteiger partial charge in [-0.05, 0) is 36.8 Å². The van der Waals surface area contributed by atoms with Gasteiger partial charge < -0.3 is 4.90 Å². The van der Waals surface area contributed by atoms with E-state index >= 15 is 0 Å². The molecule has 4 aromatic rings. The number of hydrogen-bond donors (Lipinski definition) is 0. The Bertz CT molecular complexity index is 1040. The summed E-state index contributed by atoms with van der Waals surface area (Å²) >= 11 is 1.66. The fourth-order valence-corrected chi connectivity index (χ4v) is 4.07. The van der Waals surface area contributed by atoms with Gasteiger partial charge in [-0.3, -0.25) is 4.79 Å². The average molecular weight is 392 g/mol. The minimum atomic E-state index is -0.00679. The summed E-state index contributed by atoms with van der Waals surface area (Å²) in [5, 5.41) is 5.14. The number of para-hydroxylation sites is 1. The molecule has 0 radical (unpaired) electrons. The molecule has 2 aromatic heterocycles. The zero-order chi connectivity index (χ0) is 19.5. The number of thiazole rings is 1. The van der Waals surface area contributed by atoms with Crippen molar-refractivity contribution >= 4 is 27.5 Å². The standard InChI is InChI=1S/C21H21N5OS/c1-15(16-7-9-17(10-8-16)26-14-22-13-23-26)25(2)21(27)12-11-20-24-18-5-3-4-6-19(18)28-20/h3-10,13-15H,11-12H2,1-2H3/t15-/m1/s1. The van der Waals surface area contributed by atoms with Gasteiger partial charge >= 0.3 is 0 Å². The van der Waals surface area contributed by atoms with Crippen LogP contribution in [0.15, 0.2) is 61.2 Å². The second-order valence-electron chi connectivity index (χ2n) is 6.69. The van der Waals surface area contributed by atoms with Crippen molar-refractivity contribution < 1.29 is 4.79 Å². The summed E-state index contributed by atoms with van der Waals surface area (Å²) in [5.41, 5.74) is 3.03. The molecule has 2 heterocycles. The molecule has 7 heteroatoms. The van der Waals surface area contributed by atoms with Crippen molar-refractivity contribution in [3.8, 4) is 5.69 Å². The zero-order valence-corrected chi connectivity index (χ0v) is 16.6. The number of carbonyl (C=O) groups excluding carboxylic acids is 1. The first-order valence-electron chi connectivity index (χ1n) is 9.17. The highest BCUT2D eigenvalue weighted by molar-refractivity contribution is 7.18. The van der Waals surface area contributed by atoms with Crippen LogP contribution in [0.25, 0.3) is 15.9 Å². The molecule has 1 amide bonds. The largest absolute Gasteiger partial charge is 0.339 e. The summed E-state index contributed by atoms with van der Waals surface area (Å²) in [6, 6.07) is 16.1. The molecule has 0 spiro atoms. The summed E-state index contributed by atoms with van der Waals surface area (Å²) < 4.78 is 2.88. The summed E-state index contributed by atoms with van der Waals surface area (Å²) in [6.07, 6.45) is 4.29. The van der Waals surface area contributed by atoms with Gasteiger partial charge in [0.25, 0.3) is 0 Å².